The van der Waals surface area contributed by atoms with Gasteiger partial charge in [-0.3, -0.25) is 4.79 Å². The summed E-state index contributed by atoms with van der Waals surface area (Å²) in [6.07, 6.45) is 4.99. The van der Waals surface area contributed by atoms with Crippen molar-refractivity contribution >= 4 is 5.91 Å². The van der Waals surface area contributed by atoms with Crippen LogP contribution in [-0.4, -0.2) is 19.1 Å². The second kappa shape index (κ2) is 9.56. The smallest absolute Gasteiger partial charge is 0.258 e. The minimum absolute atomic E-state index is 0.0303. The molecule has 0 bridgehead atoms. The zero-order valence-corrected chi connectivity index (χ0v) is 13.4. The van der Waals surface area contributed by atoms with Gasteiger partial charge in [0.25, 0.3) is 5.91 Å². The molecule has 124 valence electrons. The molecular formula is C18H23NO4. The van der Waals surface area contributed by atoms with Crippen molar-refractivity contribution in [1.82, 2.24) is 5.32 Å². The summed E-state index contributed by atoms with van der Waals surface area (Å²) >= 11 is 0. The van der Waals surface area contributed by atoms with Gasteiger partial charge in [-0.15, -0.1) is 0 Å². The van der Waals surface area contributed by atoms with Gasteiger partial charge in [-0.05, 0) is 42.8 Å². The monoisotopic (exact) mass is 317 g/mol. The Hall–Kier alpha value is -2.43. The molecule has 0 fully saturated rings. The highest BCUT2D eigenvalue weighted by Crippen LogP contribution is 2.17. The average Bonchev–Trinajstić information content (AvgIpc) is 3.09. The number of furan rings is 1. The van der Waals surface area contributed by atoms with E-state index in [1.165, 1.54) is 12.8 Å². The van der Waals surface area contributed by atoms with Gasteiger partial charge in [0.2, 0.25) is 0 Å². The number of carbonyl (C=O) groups excluding carboxylic acids is 1. The van der Waals surface area contributed by atoms with Crippen molar-refractivity contribution in [3.8, 4) is 11.5 Å². The van der Waals surface area contributed by atoms with Gasteiger partial charge in [-0.1, -0.05) is 19.8 Å². The van der Waals surface area contributed by atoms with Crippen molar-refractivity contribution in [2.45, 2.75) is 32.7 Å². The maximum Gasteiger partial charge on any atom is 0.258 e. The van der Waals surface area contributed by atoms with Crippen LogP contribution >= 0.6 is 0 Å². The summed E-state index contributed by atoms with van der Waals surface area (Å²) in [4.78, 5) is 11.7. The number of rotatable bonds is 10. The van der Waals surface area contributed by atoms with Crippen LogP contribution in [0.1, 0.15) is 31.9 Å². The topological polar surface area (TPSA) is 60.7 Å². The summed E-state index contributed by atoms with van der Waals surface area (Å²) in [6.45, 7) is 3.22. The minimum atomic E-state index is -0.193. The highest BCUT2D eigenvalue weighted by atomic mass is 16.5. The second-order valence-corrected chi connectivity index (χ2v) is 5.17. The normalized spacial score (nSPS) is 10.3. The van der Waals surface area contributed by atoms with Gasteiger partial charge < -0.3 is 19.2 Å². The third-order valence-electron chi connectivity index (χ3n) is 3.25. The van der Waals surface area contributed by atoms with Crippen molar-refractivity contribution in [1.29, 1.82) is 0 Å². The molecule has 2 aromatic rings. The van der Waals surface area contributed by atoms with Gasteiger partial charge in [-0.25, -0.2) is 0 Å². The Morgan fingerprint density at radius 3 is 2.48 bits per heavy atom. The summed E-state index contributed by atoms with van der Waals surface area (Å²) < 4.78 is 16.2. The van der Waals surface area contributed by atoms with Crippen molar-refractivity contribution in [2.24, 2.45) is 0 Å². The molecule has 0 spiro atoms. The van der Waals surface area contributed by atoms with Crippen LogP contribution in [0, 0.1) is 0 Å². The lowest BCUT2D eigenvalue weighted by atomic mass is 10.3. The molecule has 2 rings (SSSR count). The summed E-state index contributed by atoms with van der Waals surface area (Å²) in [6, 6.07) is 10.9. The first kappa shape index (κ1) is 16.9. The third-order valence-corrected chi connectivity index (χ3v) is 3.25. The summed E-state index contributed by atoms with van der Waals surface area (Å²) in [7, 11) is 0. The molecule has 1 heterocycles. The number of hydrogen-bond donors (Lipinski definition) is 1. The maximum atomic E-state index is 11.7. The highest BCUT2D eigenvalue weighted by molar-refractivity contribution is 5.77. The number of benzene rings is 1. The fraction of sp³-hybridized carbons (Fsp3) is 0.389. The van der Waals surface area contributed by atoms with Gasteiger partial charge in [0.15, 0.2) is 6.61 Å². The van der Waals surface area contributed by atoms with E-state index in [2.05, 4.69) is 12.2 Å². The molecule has 0 saturated carbocycles. The molecule has 0 aliphatic heterocycles. The first-order valence-electron chi connectivity index (χ1n) is 7.92. The number of hydrogen-bond acceptors (Lipinski definition) is 4. The van der Waals surface area contributed by atoms with Crippen LogP contribution in [0.2, 0.25) is 0 Å². The third kappa shape index (κ3) is 6.46. The predicted molar refractivity (Wildman–Crippen MR) is 87.5 cm³/mol. The molecular weight excluding hydrogens is 294 g/mol. The Morgan fingerprint density at radius 2 is 1.83 bits per heavy atom. The van der Waals surface area contributed by atoms with E-state index in [1.807, 2.05) is 12.1 Å². The Kier molecular flexibility index (Phi) is 7.04. The van der Waals surface area contributed by atoms with E-state index < -0.39 is 0 Å². The standard InChI is InChI=1S/C18H23NO4/c1-2-3-4-11-21-15-7-9-16(10-8-15)23-14-18(20)19-13-17-6-5-12-22-17/h5-10,12H,2-4,11,13-14H2,1H3,(H,19,20). The molecule has 5 nitrogen and oxygen atoms in total. The molecule has 0 unspecified atom stereocenters. The SMILES string of the molecule is CCCCCOc1ccc(OCC(=O)NCc2ccco2)cc1. The van der Waals surface area contributed by atoms with Crippen LogP contribution in [0.4, 0.5) is 0 Å². The van der Waals surface area contributed by atoms with E-state index in [4.69, 9.17) is 13.9 Å². The lowest BCUT2D eigenvalue weighted by Gasteiger charge is -2.08. The Labute approximate surface area is 136 Å². The lowest BCUT2D eigenvalue weighted by molar-refractivity contribution is -0.123. The second-order valence-electron chi connectivity index (χ2n) is 5.17. The highest BCUT2D eigenvalue weighted by Gasteiger charge is 2.04. The quantitative estimate of drug-likeness (QED) is 0.681. The molecule has 1 aromatic heterocycles. The van der Waals surface area contributed by atoms with Crippen LogP contribution in [0.3, 0.4) is 0 Å². The van der Waals surface area contributed by atoms with E-state index in [-0.39, 0.29) is 12.5 Å². The molecule has 1 amide bonds. The minimum Gasteiger partial charge on any atom is -0.494 e. The van der Waals surface area contributed by atoms with Crippen molar-refractivity contribution < 1.29 is 18.7 Å². The molecule has 0 atom stereocenters. The number of ether oxygens (including phenoxy) is 2. The van der Waals surface area contributed by atoms with Crippen molar-refractivity contribution in [3.63, 3.8) is 0 Å². The molecule has 0 saturated heterocycles. The molecule has 0 radical (unpaired) electrons. The fourth-order valence-electron chi connectivity index (χ4n) is 1.97. The molecule has 23 heavy (non-hydrogen) atoms. The number of nitrogens with one attached hydrogen (secondary N) is 1. The van der Waals surface area contributed by atoms with E-state index in [0.29, 0.717) is 18.1 Å². The molecule has 1 N–H and O–H groups in total. The Balaban J connectivity index is 1.65. The first-order valence-corrected chi connectivity index (χ1v) is 7.92. The number of carbonyl (C=O) groups is 1. The van der Waals surface area contributed by atoms with E-state index in [0.717, 1.165) is 18.8 Å². The van der Waals surface area contributed by atoms with E-state index in [9.17, 15) is 4.79 Å². The van der Waals surface area contributed by atoms with Crippen molar-refractivity contribution in [2.75, 3.05) is 13.2 Å². The predicted octanol–water partition coefficient (Wildman–Crippen LogP) is 3.54. The Bertz CT molecular complexity index is 563. The fourth-order valence-corrected chi connectivity index (χ4v) is 1.97. The molecule has 5 heteroatoms. The number of unbranched alkanes of at least 4 members (excludes halogenated alkanes) is 2. The van der Waals surface area contributed by atoms with Crippen LogP contribution < -0.4 is 14.8 Å². The zero-order valence-electron chi connectivity index (χ0n) is 13.4. The summed E-state index contributed by atoms with van der Waals surface area (Å²) in [5.41, 5.74) is 0. The summed E-state index contributed by atoms with van der Waals surface area (Å²) in [5, 5.41) is 2.72. The average molecular weight is 317 g/mol. The maximum absolute atomic E-state index is 11.7. The van der Waals surface area contributed by atoms with Gasteiger partial charge >= 0.3 is 0 Å². The molecule has 0 aliphatic rings. The largest absolute Gasteiger partial charge is 0.494 e. The lowest BCUT2D eigenvalue weighted by Crippen LogP contribution is -2.28. The van der Waals surface area contributed by atoms with Crippen LogP contribution in [-0.2, 0) is 11.3 Å². The van der Waals surface area contributed by atoms with E-state index >= 15 is 0 Å². The van der Waals surface area contributed by atoms with Crippen molar-refractivity contribution in [3.05, 3.63) is 48.4 Å². The van der Waals surface area contributed by atoms with Crippen LogP contribution in [0.5, 0.6) is 11.5 Å². The van der Waals surface area contributed by atoms with Gasteiger partial charge in [0, 0.05) is 0 Å². The molecule has 1 aromatic carbocycles. The zero-order chi connectivity index (χ0) is 16.3. The van der Waals surface area contributed by atoms with Crippen LogP contribution in [0.15, 0.2) is 47.1 Å². The van der Waals surface area contributed by atoms with Crippen LogP contribution in [0.25, 0.3) is 0 Å². The van der Waals surface area contributed by atoms with Gasteiger partial charge in [0.05, 0.1) is 19.4 Å². The Morgan fingerprint density at radius 1 is 1.09 bits per heavy atom. The van der Waals surface area contributed by atoms with E-state index in [1.54, 1.807) is 30.5 Å². The number of amides is 1. The van der Waals surface area contributed by atoms with Gasteiger partial charge in [0.1, 0.15) is 17.3 Å². The van der Waals surface area contributed by atoms with Gasteiger partial charge in [-0.2, -0.15) is 0 Å². The first-order chi connectivity index (χ1) is 11.3. The molecule has 0 aliphatic carbocycles. The summed E-state index contributed by atoms with van der Waals surface area (Å²) in [5.74, 6) is 1.97.